The lowest BCUT2D eigenvalue weighted by molar-refractivity contribution is 0.642. The summed E-state index contributed by atoms with van der Waals surface area (Å²) in [5.41, 5.74) is 6.85. The highest BCUT2D eigenvalue weighted by Crippen LogP contribution is 2.34. The van der Waals surface area contributed by atoms with Crippen LogP contribution in [0.5, 0.6) is 0 Å². The van der Waals surface area contributed by atoms with Crippen LogP contribution in [0.1, 0.15) is 19.9 Å². The molecule has 0 atom stereocenters. The first-order chi connectivity index (χ1) is 13.7. The van der Waals surface area contributed by atoms with Gasteiger partial charge in [-0.3, -0.25) is 0 Å². The zero-order valence-corrected chi connectivity index (χ0v) is 16.1. The van der Waals surface area contributed by atoms with Gasteiger partial charge in [-0.15, -0.1) is 0 Å². The number of rotatable bonds is 3. The highest BCUT2D eigenvalue weighted by Gasteiger charge is 2.14. The molecule has 0 saturated carbocycles. The highest BCUT2D eigenvalue weighted by atomic mass is 15.0. The molecule has 2 aromatic heterocycles. The van der Waals surface area contributed by atoms with Crippen LogP contribution in [0.3, 0.4) is 0 Å². The highest BCUT2D eigenvalue weighted by molar-refractivity contribution is 6.09. The lowest BCUT2D eigenvalue weighted by atomic mass is 10.1. The lowest BCUT2D eigenvalue weighted by Gasteiger charge is -2.12. The fourth-order valence-corrected chi connectivity index (χ4v) is 4.08. The first-order valence-corrected chi connectivity index (χ1v) is 9.78. The van der Waals surface area contributed by atoms with Crippen molar-refractivity contribution in [1.29, 1.82) is 0 Å². The van der Waals surface area contributed by atoms with E-state index in [4.69, 9.17) is 4.98 Å². The number of aromatic nitrogens is 2. The molecule has 0 fully saturated rings. The maximum Gasteiger partial charge on any atom is 0.0710 e. The zero-order valence-electron chi connectivity index (χ0n) is 16.1. The van der Waals surface area contributed by atoms with Gasteiger partial charge in [-0.1, -0.05) is 66.7 Å². The van der Waals surface area contributed by atoms with Gasteiger partial charge in [-0.05, 0) is 38.1 Å². The maximum atomic E-state index is 4.94. The molecule has 5 rings (SSSR count). The smallest absolute Gasteiger partial charge is 0.0710 e. The van der Waals surface area contributed by atoms with Crippen molar-refractivity contribution in [3.05, 3.63) is 91.0 Å². The van der Waals surface area contributed by atoms with Gasteiger partial charge in [-0.25, -0.2) is 4.98 Å². The minimum atomic E-state index is 0.390. The molecule has 0 bridgehead atoms. The van der Waals surface area contributed by atoms with Crippen LogP contribution in [-0.4, -0.2) is 9.55 Å². The summed E-state index contributed by atoms with van der Waals surface area (Å²) in [5.74, 6) is 0. The summed E-state index contributed by atoms with van der Waals surface area (Å²) in [7, 11) is 0. The van der Waals surface area contributed by atoms with Crippen LogP contribution in [0.25, 0.3) is 44.3 Å². The Hall–Kier alpha value is -3.39. The number of benzene rings is 3. The van der Waals surface area contributed by atoms with Crippen molar-refractivity contribution in [2.24, 2.45) is 0 Å². The van der Waals surface area contributed by atoms with Crippen LogP contribution in [0.4, 0.5) is 0 Å². The first-order valence-electron chi connectivity index (χ1n) is 9.78. The Bertz CT molecular complexity index is 1280. The third-order valence-corrected chi connectivity index (χ3v) is 5.34. The van der Waals surface area contributed by atoms with Crippen molar-refractivity contribution in [3.8, 4) is 22.5 Å². The first kappa shape index (κ1) is 16.8. The van der Waals surface area contributed by atoms with E-state index in [0.717, 1.165) is 22.5 Å². The Labute approximate surface area is 165 Å². The van der Waals surface area contributed by atoms with E-state index in [1.54, 1.807) is 0 Å². The second kappa shape index (κ2) is 6.65. The predicted octanol–water partition coefficient (Wildman–Crippen LogP) is 7.10. The number of pyridine rings is 1. The van der Waals surface area contributed by atoms with E-state index >= 15 is 0 Å². The number of hydrogen-bond donors (Lipinski definition) is 0. The maximum absolute atomic E-state index is 4.94. The molecule has 2 nitrogen and oxygen atoms in total. The second-order valence-electron chi connectivity index (χ2n) is 7.49. The van der Waals surface area contributed by atoms with Crippen molar-refractivity contribution in [2.45, 2.75) is 19.9 Å². The zero-order chi connectivity index (χ0) is 19.1. The molecular formula is C26H22N2. The van der Waals surface area contributed by atoms with Crippen LogP contribution < -0.4 is 0 Å². The number of nitrogens with zero attached hydrogens (tertiary/aromatic N) is 2. The van der Waals surface area contributed by atoms with Gasteiger partial charge in [0.2, 0.25) is 0 Å². The van der Waals surface area contributed by atoms with Gasteiger partial charge < -0.3 is 4.57 Å². The lowest BCUT2D eigenvalue weighted by Crippen LogP contribution is -1.99. The molecule has 0 aliphatic carbocycles. The second-order valence-corrected chi connectivity index (χ2v) is 7.49. The quantitative estimate of drug-likeness (QED) is 0.334. The fourth-order valence-electron chi connectivity index (χ4n) is 4.08. The molecule has 0 amide bonds. The van der Waals surface area contributed by atoms with E-state index < -0.39 is 0 Å². The minimum Gasteiger partial charge on any atom is -0.338 e. The standard InChI is InChI=1S/C26H22N2/c1-18(2)28-25-14-7-6-11-21(25)22-16-15-20(17-26(22)28)24-13-8-12-23(27-24)19-9-4-3-5-10-19/h3-18H,1-2H3. The average molecular weight is 362 g/mol. The molecule has 0 aliphatic heterocycles. The van der Waals surface area contributed by atoms with Crippen LogP contribution >= 0.6 is 0 Å². The molecule has 28 heavy (non-hydrogen) atoms. The Morgan fingerprint density at radius 2 is 1.29 bits per heavy atom. The summed E-state index contributed by atoms with van der Waals surface area (Å²) in [5, 5.41) is 2.61. The van der Waals surface area contributed by atoms with Crippen molar-refractivity contribution in [2.75, 3.05) is 0 Å². The topological polar surface area (TPSA) is 17.8 Å². The van der Waals surface area contributed by atoms with Gasteiger partial charge in [0.15, 0.2) is 0 Å². The third kappa shape index (κ3) is 2.69. The van der Waals surface area contributed by atoms with Crippen LogP contribution in [0.2, 0.25) is 0 Å². The van der Waals surface area contributed by atoms with Gasteiger partial charge in [0, 0.05) is 33.5 Å². The Morgan fingerprint density at radius 1 is 0.607 bits per heavy atom. The summed E-state index contributed by atoms with van der Waals surface area (Å²) in [6, 6.07) is 32.4. The molecule has 0 unspecified atom stereocenters. The molecule has 0 aliphatic rings. The van der Waals surface area contributed by atoms with Gasteiger partial charge in [0.1, 0.15) is 0 Å². The fraction of sp³-hybridized carbons (Fsp3) is 0.115. The minimum absolute atomic E-state index is 0.390. The van der Waals surface area contributed by atoms with Gasteiger partial charge in [0.05, 0.1) is 16.9 Å². The van der Waals surface area contributed by atoms with Crippen molar-refractivity contribution < 1.29 is 0 Å². The van der Waals surface area contributed by atoms with Crippen molar-refractivity contribution in [3.63, 3.8) is 0 Å². The summed E-state index contributed by atoms with van der Waals surface area (Å²) in [6.45, 7) is 4.49. The molecule has 5 aromatic rings. The predicted molar refractivity (Wildman–Crippen MR) is 118 cm³/mol. The Kier molecular flexibility index (Phi) is 3.98. The van der Waals surface area contributed by atoms with E-state index in [9.17, 15) is 0 Å². The van der Waals surface area contributed by atoms with Crippen LogP contribution in [-0.2, 0) is 0 Å². The van der Waals surface area contributed by atoms with Crippen LogP contribution in [0, 0.1) is 0 Å². The largest absolute Gasteiger partial charge is 0.338 e. The normalized spacial score (nSPS) is 11.5. The summed E-state index contributed by atoms with van der Waals surface area (Å²) < 4.78 is 2.43. The number of hydrogen-bond acceptors (Lipinski definition) is 1. The molecular weight excluding hydrogens is 340 g/mol. The van der Waals surface area contributed by atoms with E-state index in [-0.39, 0.29) is 0 Å². The summed E-state index contributed by atoms with van der Waals surface area (Å²) in [6.07, 6.45) is 0. The summed E-state index contributed by atoms with van der Waals surface area (Å²) in [4.78, 5) is 4.94. The monoisotopic (exact) mass is 362 g/mol. The molecule has 2 heteroatoms. The van der Waals surface area contributed by atoms with E-state index in [1.165, 1.54) is 21.8 Å². The Morgan fingerprint density at radius 3 is 2.07 bits per heavy atom. The van der Waals surface area contributed by atoms with Crippen molar-refractivity contribution in [1.82, 2.24) is 9.55 Å². The van der Waals surface area contributed by atoms with Crippen molar-refractivity contribution >= 4 is 21.8 Å². The molecule has 136 valence electrons. The number of para-hydroxylation sites is 1. The van der Waals surface area contributed by atoms with Gasteiger partial charge in [0.25, 0.3) is 0 Å². The molecule has 0 saturated heterocycles. The Balaban J connectivity index is 1.71. The molecule has 0 spiro atoms. The van der Waals surface area contributed by atoms with Gasteiger partial charge in [-0.2, -0.15) is 0 Å². The van der Waals surface area contributed by atoms with E-state index in [0.29, 0.717) is 6.04 Å². The molecule has 0 N–H and O–H groups in total. The average Bonchev–Trinajstić information content (AvgIpc) is 3.08. The molecule has 2 heterocycles. The van der Waals surface area contributed by atoms with Gasteiger partial charge >= 0.3 is 0 Å². The summed E-state index contributed by atoms with van der Waals surface area (Å²) >= 11 is 0. The number of fused-ring (bicyclic) bond motifs is 3. The molecule has 3 aromatic carbocycles. The SMILES string of the molecule is CC(C)n1c2ccccc2c2ccc(-c3cccc(-c4ccccc4)n3)cc21. The van der Waals surface area contributed by atoms with E-state index in [2.05, 4.69) is 103 Å². The van der Waals surface area contributed by atoms with Crippen LogP contribution in [0.15, 0.2) is 91.0 Å². The van der Waals surface area contributed by atoms with E-state index in [1.807, 2.05) is 6.07 Å². The third-order valence-electron chi connectivity index (χ3n) is 5.34. The molecule has 0 radical (unpaired) electrons.